The predicted molar refractivity (Wildman–Crippen MR) is 64.2 cm³/mol. The summed E-state index contributed by atoms with van der Waals surface area (Å²) in [4.78, 5) is 0. The van der Waals surface area contributed by atoms with Gasteiger partial charge in [0.05, 0.1) is 7.11 Å². The average molecular weight is 207 g/mol. The Balaban J connectivity index is 3.12. The van der Waals surface area contributed by atoms with Crippen LogP contribution in [0, 0.1) is 5.41 Å². The van der Waals surface area contributed by atoms with Crippen LogP contribution >= 0.6 is 0 Å². The molecule has 1 aromatic carbocycles. The Bertz CT molecular complexity index is 315. The van der Waals surface area contributed by atoms with Crippen LogP contribution in [0.1, 0.15) is 32.3 Å². The third-order valence-corrected chi connectivity index (χ3v) is 2.80. The maximum atomic E-state index is 5.86. The van der Waals surface area contributed by atoms with E-state index in [2.05, 4.69) is 26.8 Å². The molecule has 0 fully saturated rings. The number of nitrogens with two attached hydrogens (primary N) is 1. The summed E-state index contributed by atoms with van der Waals surface area (Å²) in [5, 5.41) is 0. The summed E-state index contributed by atoms with van der Waals surface area (Å²) in [7, 11) is 1.70. The molecule has 0 aliphatic rings. The lowest BCUT2D eigenvalue weighted by molar-refractivity contribution is 0.313. The van der Waals surface area contributed by atoms with E-state index in [1.807, 2.05) is 18.2 Å². The van der Waals surface area contributed by atoms with E-state index in [4.69, 9.17) is 10.5 Å². The number of ether oxygens (including phenoxy) is 1. The Morgan fingerprint density at radius 2 is 1.87 bits per heavy atom. The number of para-hydroxylation sites is 1. The molecule has 15 heavy (non-hydrogen) atoms. The second kappa shape index (κ2) is 4.67. The third-order valence-electron chi connectivity index (χ3n) is 2.80. The molecule has 0 aliphatic heterocycles. The largest absolute Gasteiger partial charge is 0.496 e. The molecule has 1 aromatic rings. The standard InChI is InChI=1S/C13H21NO/c1-13(2,3)11(9-14)10-7-5-6-8-12(10)15-4/h5-8,11H,9,14H2,1-4H3. The molecule has 2 heteroatoms. The highest BCUT2D eigenvalue weighted by Crippen LogP contribution is 2.38. The molecule has 0 heterocycles. The second-order valence-corrected chi connectivity index (χ2v) is 4.90. The van der Waals surface area contributed by atoms with Crippen LogP contribution < -0.4 is 10.5 Å². The topological polar surface area (TPSA) is 35.2 Å². The molecule has 0 radical (unpaired) electrons. The van der Waals surface area contributed by atoms with Gasteiger partial charge in [-0.25, -0.2) is 0 Å². The Kier molecular flexibility index (Phi) is 3.75. The van der Waals surface area contributed by atoms with Crippen molar-refractivity contribution in [2.24, 2.45) is 11.1 Å². The molecule has 0 bridgehead atoms. The Morgan fingerprint density at radius 3 is 2.33 bits per heavy atom. The molecular weight excluding hydrogens is 186 g/mol. The third kappa shape index (κ3) is 2.72. The molecule has 0 spiro atoms. The molecule has 0 amide bonds. The van der Waals surface area contributed by atoms with Gasteiger partial charge in [-0.3, -0.25) is 0 Å². The molecule has 2 nitrogen and oxygen atoms in total. The SMILES string of the molecule is COc1ccccc1C(CN)C(C)(C)C. The minimum Gasteiger partial charge on any atom is -0.496 e. The number of hydrogen-bond acceptors (Lipinski definition) is 2. The van der Waals surface area contributed by atoms with Crippen LogP contribution in [0.25, 0.3) is 0 Å². The molecule has 0 saturated carbocycles. The number of methoxy groups -OCH3 is 1. The van der Waals surface area contributed by atoms with Crippen molar-refractivity contribution in [2.45, 2.75) is 26.7 Å². The fourth-order valence-corrected chi connectivity index (χ4v) is 1.90. The van der Waals surface area contributed by atoms with Crippen molar-refractivity contribution in [2.75, 3.05) is 13.7 Å². The lowest BCUT2D eigenvalue weighted by atomic mass is 9.76. The quantitative estimate of drug-likeness (QED) is 0.827. The van der Waals surface area contributed by atoms with Crippen LogP contribution in [0.4, 0.5) is 0 Å². The maximum Gasteiger partial charge on any atom is 0.122 e. The van der Waals surface area contributed by atoms with Gasteiger partial charge < -0.3 is 10.5 Å². The molecular formula is C13H21NO. The average Bonchev–Trinajstić information content (AvgIpc) is 2.17. The highest BCUT2D eigenvalue weighted by molar-refractivity contribution is 5.37. The maximum absolute atomic E-state index is 5.86. The van der Waals surface area contributed by atoms with Gasteiger partial charge >= 0.3 is 0 Å². The number of benzene rings is 1. The van der Waals surface area contributed by atoms with Crippen LogP contribution in [-0.4, -0.2) is 13.7 Å². The van der Waals surface area contributed by atoms with Crippen LogP contribution in [0.15, 0.2) is 24.3 Å². The van der Waals surface area contributed by atoms with Gasteiger partial charge in [0, 0.05) is 5.92 Å². The normalized spacial score (nSPS) is 13.7. The molecule has 1 atom stereocenters. The van der Waals surface area contributed by atoms with Crippen LogP contribution in [-0.2, 0) is 0 Å². The molecule has 2 N–H and O–H groups in total. The predicted octanol–water partition coefficient (Wildman–Crippen LogP) is 2.78. The highest BCUT2D eigenvalue weighted by atomic mass is 16.5. The molecule has 1 rings (SSSR count). The first-order chi connectivity index (χ1) is 7.00. The van der Waals surface area contributed by atoms with Crippen molar-refractivity contribution in [1.82, 2.24) is 0 Å². The monoisotopic (exact) mass is 207 g/mol. The van der Waals surface area contributed by atoms with Gasteiger partial charge in [0.1, 0.15) is 5.75 Å². The number of hydrogen-bond donors (Lipinski definition) is 1. The minimum absolute atomic E-state index is 0.156. The van der Waals surface area contributed by atoms with E-state index in [-0.39, 0.29) is 5.41 Å². The second-order valence-electron chi connectivity index (χ2n) is 4.90. The van der Waals surface area contributed by atoms with Crippen molar-refractivity contribution < 1.29 is 4.74 Å². The molecule has 0 aromatic heterocycles. The summed E-state index contributed by atoms with van der Waals surface area (Å²) in [6.45, 7) is 7.26. The van der Waals surface area contributed by atoms with E-state index in [1.165, 1.54) is 5.56 Å². The fraction of sp³-hybridized carbons (Fsp3) is 0.538. The van der Waals surface area contributed by atoms with E-state index in [0.29, 0.717) is 12.5 Å². The van der Waals surface area contributed by atoms with Crippen molar-refractivity contribution in [3.05, 3.63) is 29.8 Å². The Hall–Kier alpha value is -1.02. The molecule has 0 saturated heterocycles. The first kappa shape index (κ1) is 12.1. The number of rotatable bonds is 3. The summed E-state index contributed by atoms with van der Waals surface area (Å²) < 4.78 is 5.37. The minimum atomic E-state index is 0.156. The zero-order valence-corrected chi connectivity index (χ0v) is 10.1. The van der Waals surface area contributed by atoms with Crippen LogP contribution in [0.2, 0.25) is 0 Å². The highest BCUT2D eigenvalue weighted by Gasteiger charge is 2.26. The van der Waals surface area contributed by atoms with Gasteiger partial charge in [-0.05, 0) is 23.6 Å². The van der Waals surface area contributed by atoms with Crippen molar-refractivity contribution in [3.8, 4) is 5.75 Å². The van der Waals surface area contributed by atoms with E-state index in [1.54, 1.807) is 7.11 Å². The van der Waals surface area contributed by atoms with Crippen LogP contribution in [0.5, 0.6) is 5.75 Å². The van der Waals surface area contributed by atoms with Gasteiger partial charge in [-0.2, -0.15) is 0 Å². The molecule has 0 aliphatic carbocycles. The zero-order chi connectivity index (χ0) is 11.5. The van der Waals surface area contributed by atoms with Crippen LogP contribution in [0.3, 0.4) is 0 Å². The van der Waals surface area contributed by atoms with Crippen molar-refractivity contribution >= 4 is 0 Å². The molecule has 1 unspecified atom stereocenters. The lowest BCUT2D eigenvalue weighted by Crippen LogP contribution is -2.26. The van der Waals surface area contributed by atoms with E-state index in [0.717, 1.165) is 5.75 Å². The van der Waals surface area contributed by atoms with E-state index in [9.17, 15) is 0 Å². The van der Waals surface area contributed by atoms with Crippen molar-refractivity contribution in [3.63, 3.8) is 0 Å². The Labute approximate surface area is 92.4 Å². The van der Waals surface area contributed by atoms with E-state index < -0.39 is 0 Å². The summed E-state index contributed by atoms with van der Waals surface area (Å²) in [6, 6.07) is 8.11. The molecule has 84 valence electrons. The Morgan fingerprint density at radius 1 is 1.27 bits per heavy atom. The summed E-state index contributed by atoms with van der Waals surface area (Å²) in [5.41, 5.74) is 7.22. The lowest BCUT2D eigenvalue weighted by Gasteiger charge is -2.31. The van der Waals surface area contributed by atoms with Crippen molar-refractivity contribution in [1.29, 1.82) is 0 Å². The van der Waals surface area contributed by atoms with Gasteiger partial charge in [-0.1, -0.05) is 39.0 Å². The summed E-state index contributed by atoms with van der Waals surface area (Å²) in [6.07, 6.45) is 0. The summed E-state index contributed by atoms with van der Waals surface area (Å²) in [5.74, 6) is 1.26. The smallest absolute Gasteiger partial charge is 0.122 e. The zero-order valence-electron chi connectivity index (χ0n) is 10.1. The van der Waals surface area contributed by atoms with Gasteiger partial charge in [-0.15, -0.1) is 0 Å². The summed E-state index contributed by atoms with van der Waals surface area (Å²) >= 11 is 0. The first-order valence-corrected chi connectivity index (χ1v) is 5.33. The fourth-order valence-electron chi connectivity index (χ4n) is 1.90. The van der Waals surface area contributed by atoms with Gasteiger partial charge in [0.25, 0.3) is 0 Å². The van der Waals surface area contributed by atoms with E-state index >= 15 is 0 Å². The first-order valence-electron chi connectivity index (χ1n) is 5.33. The van der Waals surface area contributed by atoms with Gasteiger partial charge in [0.2, 0.25) is 0 Å². The van der Waals surface area contributed by atoms with Gasteiger partial charge in [0.15, 0.2) is 0 Å².